The zero-order valence-electron chi connectivity index (χ0n) is 14.4. The first-order valence-corrected chi connectivity index (χ1v) is 10.0. The second-order valence-corrected chi connectivity index (χ2v) is 8.23. The van der Waals surface area contributed by atoms with Gasteiger partial charge in [-0.05, 0) is 30.7 Å². The molecule has 1 aromatic carbocycles. The van der Waals surface area contributed by atoms with E-state index in [1.807, 2.05) is 6.92 Å². The molecule has 2 rings (SSSR count). The van der Waals surface area contributed by atoms with Crippen molar-refractivity contribution in [1.29, 1.82) is 0 Å². The van der Waals surface area contributed by atoms with E-state index < -0.39 is 15.9 Å². The normalized spacial score (nSPS) is 18.8. The summed E-state index contributed by atoms with van der Waals surface area (Å²) < 4.78 is 23.0. The number of amides is 2. The molecule has 2 amide bonds. The Kier molecular flexibility index (Phi) is 5.64. The number of hydrogen-bond acceptors (Lipinski definition) is 4. The lowest BCUT2D eigenvalue weighted by molar-refractivity contribution is -0.138. The summed E-state index contributed by atoms with van der Waals surface area (Å²) in [5.74, 6) is -0.256. The fourth-order valence-electron chi connectivity index (χ4n) is 2.84. The summed E-state index contributed by atoms with van der Waals surface area (Å²) in [6.07, 6.45) is 3.61. The number of carbonyl (C=O) groups is 2. The summed E-state index contributed by atoms with van der Waals surface area (Å²) in [7, 11) is -1.54. The number of rotatable bonds is 5. The Labute approximate surface area is 143 Å². The zero-order valence-corrected chi connectivity index (χ0v) is 15.2. The maximum atomic E-state index is 12.8. The number of benzene rings is 1. The average molecular weight is 352 g/mol. The molecule has 132 valence electrons. The number of carbonyl (C=O) groups excluding carboxylic acids is 2. The monoisotopic (exact) mass is 352 g/mol. The molecule has 1 aliphatic heterocycles. The van der Waals surface area contributed by atoms with E-state index in [1.165, 1.54) is 24.3 Å². The molecule has 1 unspecified atom stereocenters. The topological polar surface area (TPSA) is 74.8 Å². The van der Waals surface area contributed by atoms with Crippen molar-refractivity contribution in [1.82, 2.24) is 9.80 Å². The molecule has 0 aliphatic carbocycles. The highest BCUT2D eigenvalue weighted by Gasteiger charge is 2.35. The van der Waals surface area contributed by atoms with E-state index in [0.29, 0.717) is 25.1 Å². The van der Waals surface area contributed by atoms with Crippen LogP contribution >= 0.6 is 0 Å². The SMILES string of the molecule is CCCCC1C(=O)N(C)CCN1C(=O)c1ccc(S(C)(=O)=O)cc1. The van der Waals surface area contributed by atoms with Crippen molar-refractivity contribution in [3.8, 4) is 0 Å². The first-order valence-electron chi connectivity index (χ1n) is 8.11. The largest absolute Gasteiger partial charge is 0.342 e. The van der Waals surface area contributed by atoms with Gasteiger partial charge in [-0.1, -0.05) is 19.8 Å². The molecule has 1 aliphatic rings. The highest BCUT2D eigenvalue weighted by molar-refractivity contribution is 7.90. The third-order valence-corrected chi connectivity index (χ3v) is 5.46. The van der Waals surface area contributed by atoms with Crippen LogP contribution in [0.15, 0.2) is 29.2 Å². The molecule has 7 heteroatoms. The quantitative estimate of drug-likeness (QED) is 0.806. The van der Waals surface area contributed by atoms with Gasteiger partial charge in [-0.3, -0.25) is 9.59 Å². The number of piperazine rings is 1. The molecule has 0 N–H and O–H groups in total. The van der Waals surface area contributed by atoms with Crippen LogP contribution in [-0.2, 0) is 14.6 Å². The van der Waals surface area contributed by atoms with Gasteiger partial charge in [-0.2, -0.15) is 0 Å². The summed E-state index contributed by atoms with van der Waals surface area (Å²) in [5, 5.41) is 0. The summed E-state index contributed by atoms with van der Waals surface area (Å²) in [6, 6.07) is 5.45. The maximum absolute atomic E-state index is 12.8. The van der Waals surface area contributed by atoms with Crippen molar-refractivity contribution >= 4 is 21.7 Å². The van der Waals surface area contributed by atoms with Crippen LogP contribution in [0.25, 0.3) is 0 Å². The summed E-state index contributed by atoms with van der Waals surface area (Å²) in [5.41, 5.74) is 0.404. The number of hydrogen-bond donors (Lipinski definition) is 0. The average Bonchev–Trinajstić information content (AvgIpc) is 2.55. The second kappa shape index (κ2) is 7.34. The first-order chi connectivity index (χ1) is 11.3. The standard InChI is InChI=1S/C17H24N2O4S/c1-4-5-6-15-17(21)18(2)11-12-19(15)16(20)13-7-9-14(10-8-13)24(3,22)23/h7-10,15H,4-6,11-12H2,1-3H3. The number of unbranched alkanes of at least 4 members (excludes halogenated alkanes) is 1. The van der Waals surface area contributed by atoms with Crippen LogP contribution in [0, 0.1) is 0 Å². The fraction of sp³-hybridized carbons (Fsp3) is 0.529. The van der Waals surface area contributed by atoms with Crippen molar-refractivity contribution in [3.05, 3.63) is 29.8 Å². The molecule has 0 bridgehead atoms. The van der Waals surface area contributed by atoms with Crippen molar-refractivity contribution in [2.24, 2.45) is 0 Å². The van der Waals surface area contributed by atoms with Gasteiger partial charge in [-0.15, -0.1) is 0 Å². The maximum Gasteiger partial charge on any atom is 0.254 e. The van der Waals surface area contributed by atoms with Gasteiger partial charge in [0.15, 0.2) is 9.84 Å². The lowest BCUT2D eigenvalue weighted by atomic mass is 10.0. The minimum atomic E-state index is -3.29. The third-order valence-electron chi connectivity index (χ3n) is 4.34. The van der Waals surface area contributed by atoms with Crippen LogP contribution in [0.5, 0.6) is 0 Å². The summed E-state index contributed by atoms with van der Waals surface area (Å²) in [6.45, 7) is 3.05. The molecule has 1 aromatic rings. The van der Waals surface area contributed by atoms with E-state index in [0.717, 1.165) is 19.1 Å². The molecule has 1 heterocycles. The Morgan fingerprint density at radius 2 is 1.83 bits per heavy atom. The minimum Gasteiger partial charge on any atom is -0.342 e. The Hall–Kier alpha value is -1.89. The lowest BCUT2D eigenvalue weighted by Gasteiger charge is -2.39. The molecule has 24 heavy (non-hydrogen) atoms. The molecule has 0 radical (unpaired) electrons. The van der Waals surface area contributed by atoms with Crippen molar-refractivity contribution in [2.75, 3.05) is 26.4 Å². The van der Waals surface area contributed by atoms with Crippen LogP contribution in [-0.4, -0.2) is 62.5 Å². The minimum absolute atomic E-state index is 0.0317. The number of sulfone groups is 1. The zero-order chi connectivity index (χ0) is 17.9. The third kappa shape index (κ3) is 3.95. The van der Waals surface area contributed by atoms with Gasteiger partial charge >= 0.3 is 0 Å². The van der Waals surface area contributed by atoms with Crippen molar-refractivity contribution in [2.45, 2.75) is 37.1 Å². The van der Waals surface area contributed by atoms with Crippen molar-refractivity contribution < 1.29 is 18.0 Å². The van der Waals surface area contributed by atoms with Gasteiger partial charge in [0.25, 0.3) is 5.91 Å². The first kappa shape index (κ1) is 18.4. The molecule has 6 nitrogen and oxygen atoms in total. The van der Waals surface area contributed by atoms with Gasteiger partial charge in [-0.25, -0.2) is 8.42 Å². The van der Waals surface area contributed by atoms with E-state index >= 15 is 0 Å². The van der Waals surface area contributed by atoms with Gasteiger partial charge in [0.05, 0.1) is 4.90 Å². The van der Waals surface area contributed by atoms with Crippen molar-refractivity contribution in [3.63, 3.8) is 0 Å². The van der Waals surface area contributed by atoms with Crippen LogP contribution in [0.2, 0.25) is 0 Å². The van der Waals surface area contributed by atoms with E-state index in [-0.39, 0.29) is 16.7 Å². The predicted octanol–water partition coefficient (Wildman–Crippen LogP) is 1.56. The smallest absolute Gasteiger partial charge is 0.254 e. The molecular weight excluding hydrogens is 328 g/mol. The summed E-state index contributed by atoms with van der Waals surface area (Å²) >= 11 is 0. The van der Waals surface area contributed by atoms with Crippen LogP contribution in [0.4, 0.5) is 0 Å². The molecule has 1 saturated heterocycles. The second-order valence-electron chi connectivity index (χ2n) is 6.21. The number of likely N-dealkylation sites (N-methyl/N-ethyl adjacent to an activating group) is 1. The predicted molar refractivity (Wildman–Crippen MR) is 91.5 cm³/mol. The van der Waals surface area contributed by atoms with E-state index in [1.54, 1.807) is 16.8 Å². The Morgan fingerprint density at radius 1 is 1.21 bits per heavy atom. The fourth-order valence-corrected chi connectivity index (χ4v) is 3.47. The van der Waals surface area contributed by atoms with Gasteiger partial charge in [0, 0.05) is 32.0 Å². The molecule has 1 fully saturated rings. The highest BCUT2D eigenvalue weighted by atomic mass is 32.2. The van der Waals surface area contributed by atoms with Gasteiger partial charge in [0.2, 0.25) is 5.91 Å². The van der Waals surface area contributed by atoms with E-state index in [4.69, 9.17) is 0 Å². The van der Waals surface area contributed by atoms with Crippen LogP contribution in [0.1, 0.15) is 36.5 Å². The molecule has 0 aromatic heterocycles. The molecule has 1 atom stereocenters. The molecular formula is C17H24N2O4S. The Morgan fingerprint density at radius 3 is 2.38 bits per heavy atom. The highest BCUT2D eigenvalue weighted by Crippen LogP contribution is 2.20. The van der Waals surface area contributed by atoms with Crippen LogP contribution < -0.4 is 0 Å². The van der Waals surface area contributed by atoms with Crippen LogP contribution in [0.3, 0.4) is 0 Å². The Bertz CT molecular complexity index is 713. The van der Waals surface area contributed by atoms with Gasteiger partial charge in [0.1, 0.15) is 6.04 Å². The lowest BCUT2D eigenvalue weighted by Crippen LogP contribution is -2.57. The summed E-state index contributed by atoms with van der Waals surface area (Å²) in [4.78, 5) is 28.7. The van der Waals surface area contributed by atoms with E-state index in [2.05, 4.69) is 0 Å². The van der Waals surface area contributed by atoms with Gasteiger partial charge < -0.3 is 9.80 Å². The number of nitrogens with zero attached hydrogens (tertiary/aromatic N) is 2. The Balaban J connectivity index is 2.24. The molecule has 0 spiro atoms. The molecule has 0 saturated carbocycles. The van der Waals surface area contributed by atoms with E-state index in [9.17, 15) is 18.0 Å².